The number of rotatable bonds is 3. The molecule has 1 saturated heterocycles. The SMILES string of the molecule is CCCC(N)B1O[C@@H]2C[C@@H]3C[C@@H](C3(C)C)[C@]2(C)O1.Cl. The molecule has 0 radical (unpaired) electrons. The van der Waals surface area contributed by atoms with Gasteiger partial charge in [-0.05, 0) is 43.4 Å². The molecule has 0 aromatic rings. The van der Waals surface area contributed by atoms with Crippen LogP contribution in [0, 0.1) is 17.3 Å². The number of hydrogen-bond donors (Lipinski definition) is 1. The lowest BCUT2D eigenvalue weighted by Crippen LogP contribution is -2.65. The molecule has 5 heteroatoms. The van der Waals surface area contributed by atoms with Gasteiger partial charge in [0.25, 0.3) is 0 Å². The third kappa shape index (κ3) is 2.07. The first-order valence-electron chi connectivity index (χ1n) is 7.48. The van der Waals surface area contributed by atoms with Crippen molar-refractivity contribution >= 4 is 19.5 Å². The van der Waals surface area contributed by atoms with E-state index in [1.807, 2.05) is 0 Å². The highest BCUT2D eigenvalue weighted by molar-refractivity contribution is 6.47. The van der Waals surface area contributed by atoms with Crippen molar-refractivity contribution in [2.24, 2.45) is 23.0 Å². The quantitative estimate of drug-likeness (QED) is 0.812. The summed E-state index contributed by atoms with van der Waals surface area (Å²) in [6.45, 7) is 9.17. The molecular weight excluding hydrogens is 260 g/mol. The molecule has 1 unspecified atom stereocenters. The fourth-order valence-corrected chi connectivity index (χ4v) is 4.55. The zero-order valence-corrected chi connectivity index (χ0v) is 13.3. The molecule has 0 spiro atoms. The molecule has 5 atom stereocenters. The smallest absolute Gasteiger partial charge is 0.404 e. The van der Waals surface area contributed by atoms with Crippen LogP contribution in [0.15, 0.2) is 0 Å². The summed E-state index contributed by atoms with van der Waals surface area (Å²) in [4.78, 5) is 0. The molecule has 4 rings (SSSR count). The third-order valence-electron chi connectivity index (χ3n) is 5.94. The Morgan fingerprint density at radius 3 is 2.58 bits per heavy atom. The number of halogens is 1. The van der Waals surface area contributed by atoms with Gasteiger partial charge in [-0.2, -0.15) is 0 Å². The van der Waals surface area contributed by atoms with Crippen LogP contribution in [-0.2, 0) is 9.31 Å². The van der Waals surface area contributed by atoms with Gasteiger partial charge in [0.15, 0.2) is 0 Å². The standard InChI is InChI=1S/C14H26BNO2.ClH/c1-5-6-12(16)15-17-11-8-9-7-10(13(9,2)3)14(11,4)18-15;/h9-12H,5-8,16H2,1-4H3;1H/t9-,10-,11+,12?,14-;/m0./s1. The summed E-state index contributed by atoms with van der Waals surface area (Å²) in [5, 5.41) is 0. The van der Waals surface area contributed by atoms with Crippen molar-refractivity contribution in [3.8, 4) is 0 Å². The first-order valence-corrected chi connectivity index (χ1v) is 7.48. The Balaban J connectivity index is 0.00000133. The van der Waals surface area contributed by atoms with Crippen molar-refractivity contribution in [3.05, 3.63) is 0 Å². The monoisotopic (exact) mass is 287 g/mol. The Bertz CT molecular complexity index is 354. The predicted octanol–water partition coefficient (Wildman–Crippen LogP) is 2.80. The van der Waals surface area contributed by atoms with Crippen LogP contribution in [0.4, 0.5) is 0 Å². The second-order valence-corrected chi connectivity index (χ2v) is 7.29. The van der Waals surface area contributed by atoms with Crippen molar-refractivity contribution < 1.29 is 9.31 Å². The van der Waals surface area contributed by atoms with Gasteiger partial charge >= 0.3 is 7.12 Å². The van der Waals surface area contributed by atoms with Gasteiger partial charge in [-0.25, -0.2) is 0 Å². The summed E-state index contributed by atoms with van der Waals surface area (Å²) in [5.41, 5.74) is 6.49. The van der Waals surface area contributed by atoms with Crippen LogP contribution in [0.1, 0.15) is 53.4 Å². The average Bonchev–Trinajstić information content (AvgIpc) is 2.65. The summed E-state index contributed by atoms with van der Waals surface area (Å²) in [5.74, 6) is 1.47. The Morgan fingerprint density at radius 1 is 1.32 bits per heavy atom. The number of nitrogens with two attached hydrogens (primary N) is 1. The van der Waals surface area contributed by atoms with E-state index in [2.05, 4.69) is 27.7 Å². The molecule has 3 saturated carbocycles. The van der Waals surface area contributed by atoms with Gasteiger partial charge in [0.05, 0.1) is 11.7 Å². The van der Waals surface area contributed by atoms with E-state index in [1.165, 1.54) is 6.42 Å². The minimum Gasteiger partial charge on any atom is -0.404 e. The van der Waals surface area contributed by atoms with Crippen LogP contribution in [-0.4, -0.2) is 24.8 Å². The molecule has 0 aromatic carbocycles. The topological polar surface area (TPSA) is 44.5 Å². The van der Waals surface area contributed by atoms with Gasteiger partial charge in [0, 0.05) is 5.94 Å². The van der Waals surface area contributed by atoms with E-state index < -0.39 is 0 Å². The molecule has 4 fully saturated rings. The summed E-state index contributed by atoms with van der Waals surface area (Å²) >= 11 is 0. The van der Waals surface area contributed by atoms with Crippen LogP contribution in [0.2, 0.25) is 0 Å². The summed E-state index contributed by atoms with van der Waals surface area (Å²) in [6.07, 6.45) is 4.78. The Morgan fingerprint density at radius 2 is 2.00 bits per heavy atom. The largest absolute Gasteiger partial charge is 0.475 e. The van der Waals surface area contributed by atoms with Gasteiger partial charge in [-0.1, -0.05) is 27.2 Å². The van der Waals surface area contributed by atoms with Gasteiger partial charge < -0.3 is 15.0 Å². The van der Waals surface area contributed by atoms with Gasteiger partial charge in [-0.3, -0.25) is 0 Å². The van der Waals surface area contributed by atoms with E-state index in [4.69, 9.17) is 15.0 Å². The Hall–Kier alpha value is 0.235. The van der Waals surface area contributed by atoms with E-state index in [9.17, 15) is 0 Å². The first kappa shape index (κ1) is 15.6. The van der Waals surface area contributed by atoms with Crippen LogP contribution < -0.4 is 5.73 Å². The van der Waals surface area contributed by atoms with E-state index in [-0.39, 0.29) is 37.2 Å². The molecule has 1 heterocycles. The lowest BCUT2D eigenvalue weighted by atomic mass is 9.43. The van der Waals surface area contributed by atoms with E-state index in [0.717, 1.165) is 25.2 Å². The fourth-order valence-electron chi connectivity index (χ4n) is 4.55. The van der Waals surface area contributed by atoms with Gasteiger partial charge in [0.2, 0.25) is 0 Å². The van der Waals surface area contributed by atoms with Crippen molar-refractivity contribution in [3.63, 3.8) is 0 Å². The molecule has 1 aliphatic heterocycles. The summed E-state index contributed by atoms with van der Waals surface area (Å²) in [6, 6.07) is 0. The van der Waals surface area contributed by atoms with Gasteiger partial charge in [0.1, 0.15) is 0 Å². The Kier molecular flexibility index (Phi) is 4.03. The predicted molar refractivity (Wildman–Crippen MR) is 80.2 cm³/mol. The average molecular weight is 288 g/mol. The summed E-state index contributed by atoms with van der Waals surface area (Å²) in [7, 11) is -0.185. The molecule has 110 valence electrons. The highest BCUT2D eigenvalue weighted by atomic mass is 35.5. The first-order chi connectivity index (χ1) is 8.39. The summed E-state index contributed by atoms with van der Waals surface area (Å²) < 4.78 is 12.4. The maximum absolute atomic E-state index is 6.31. The molecule has 3 aliphatic carbocycles. The molecule has 4 aliphatic rings. The van der Waals surface area contributed by atoms with Crippen LogP contribution >= 0.6 is 12.4 Å². The van der Waals surface area contributed by atoms with Crippen molar-refractivity contribution in [1.82, 2.24) is 0 Å². The second-order valence-electron chi connectivity index (χ2n) is 7.29. The van der Waals surface area contributed by atoms with Crippen molar-refractivity contribution in [2.75, 3.05) is 0 Å². The highest BCUT2D eigenvalue weighted by Crippen LogP contribution is 2.65. The zero-order valence-electron chi connectivity index (χ0n) is 12.5. The normalized spacial score (nSPS) is 44.1. The second kappa shape index (κ2) is 4.90. The number of hydrogen-bond acceptors (Lipinski definition) is 3. The zero-order chi connectivity index (χ0) is 13.1. The van der Waals surface area contributed by atoms with Gasteiger partial charge in [-0.15, -0.1) is 12.4 Å². The molecule has 2 N–H and O–H groups in total. The van der Waals surface area contributed by atoms with E-state index >= 15 is 0 Å². The minimum absolute atomic E-state index is 0. The van der Waals surface area contributed by atoms with Crippen molar-refractivity contribution in [1.29, 1.82) is 0 Å². The van der Waals surface area contributed by atoms with E-state index in [0.29, 0.717) is 11.3 Å². The van der Waals surface area contributed by atoms with Crippen LogP contribution in [0.5, 0.6) is 0 Å². The molecular formula is C14H27BClNO2. The van der Waals surface area contributed by atoms with Crippen LogP contribution in [0.3, 0.4) is 0 Å². The van der Waals surface area contributed by atoms with Crippen LogP contribution in [0.25, 0.3) is 0 Å². The highest BCUT2D eigenvalue weighted by Gasteiger charge is 2.68. The third-order valence-corrected chi connectivity index (χ3v) is 5.94. The fraction of sp³-hybridized carbons (Fsp3) is 1.00. The lowest BCUT2D eigenvalue weighted by Gasteiger charge is -2.64. The molecule has 19 heavy (non-hydrogen) atoms. The molecule has 3 nitrogen and oxygen atoms in total. The van der Waals surface area contributed by atoms with Crippen molar-refractivity contribution in [2.45, 2.75) is 71.0 Å². The Labute approximate surface area is 123 Å². The van der Waals surface area contributed by atoms with E-state index in [1.54, 1.807) is 0 Å². The molecule has 2 bridgehead atoms. The maximum Gasteiger partial charge on any atom is 0.475 e. The maximum atomic E-state index is 6.31. The molecule has 0 amide bonds. The molecule has 0 aromatic heterocycles. The minimum atomic E-state index is -0.185. The lowest BCUT2D eigenvalue weighted by molar-refractivity contribution is -0.199.